The summed E-state index contributed by atoms with van der Waals surface area (Å²) in [6.07, 6.45) is 1.28. The van der Waals surface area contributed by atoms with Crippen LogP contribution in [0.25, 0.3) is 0 Å². The average Bonchev–Trinajstić information content (AvgIpc) is 2.92. The highest BCUT2D eigenvalue weighted by Gasteiger charge is 2.33. The van der Waals surface area contributed by atoms with E-state index in [9.17, 15) is 0 Å². The molecule has 104 valence electrons. The Bertz CT molecular complexity index is 531. The average molecular weight is 332 g/mol. The molecule has 2 aromatic rings. The van der Waals surface area contributed by atoms with Gasteiger partial charge < -0.3 is 0 Å². The van der Waals surface area contributed by atoms with Gasteiger partial charge in [0.05, 0.1) is 12.1 Å². The predicted octanol–water partition coefficient (Wildman–Crippen LogP) is 4.33. The van der Waals surface area contributed by atoms with E-state index in [1.54, 1.807) is 0 Å². The highest BCUT2D eigenvalue weighted by Crippen LogP contribution is 2.35. The van der Waals surface area contributed by atoms with Crippen molar-refractivity contribution < 1.29 is 4.84 Å². The van der Waals surface area contributed by atoms with E-state index in [1.807, 2.05) is 6.07 Å². The number of nitrogens with zero attached hydrogens (tertiary/aromatic N) is 1. The van der Waals surface area contributed by atoms with Crippen molar-refractivity contribution in [3.8, 4) is 0 Å². The van der Waals surface area contributed by atoms with Crippen molar-refractivity contribution in [1.82, 2.24) is 5.06 Å². The zero-order chi connectivity index (χ0) is 13.8. The van der Waals surface area contributed by atoms with Crippen molar-refractivity contribution in [1.29, 1.82) is 0 Å². The Morgan fingerprint density at radius 3 is 2.30 bits per heavy atom. The fourth-order valence-corrected chi connectivity index (χ4v) is 3.04. The highest BCUT2D eigenvalue weighted by molar-refractivity contribution is 9.09. The lowest BCUT2D eigenvalue weighted by Crippen LogP contribution is -2.22. The monoisotopic (exact) mass is 331 g/mol. The summed E-state index contributed by atoms with van der Waals surface area (Å²) in [5.74, 6) is 0. The largest absolute Gasteiger partial charge is 0.294 e. The maximum Gasteiger partial charge on any atom is 0.0909 e. The third-order valence-electron chi connectivity index (χ3n) is 3.66. The second-order valence-electron chi connectivity index (χ2n) is 5.10. The maximum absolute atomic E-state index is 6.07. The number of alkyl halides is 1. The predicted molar refractivity (Wildman–Crippen MR) is 84.5 cm³/mol. The standard InChI is InChI=1S/C17H18BrNO/c18-12-16-11-17(15-9-5-2-6-10-15)19(20-16)13-14-7-3-1-4-8-14/h1-10,16-17H,11-13H2/t16-,17+/m0/s1. The molecule has 0 aliphatic carbocycles. The number of benzene rings is 2. The zero-order valence-corrected chi connectivity index (χ0v) is 12.9. The van der Waals surface area contributed by atoms with E-state index >= 15 is 0 Å². The first-order valence-electron chi connectivity index (χ1n) is 6.95. The van der Waals surface area contributed by atoms with Crippen LogP contribution < -0.4 is 0 Å². The highest BCUT2D eigenvalue weighted by atomic mass is 79.9. The minimum atomic E-state index is 0.254. The Balaban J connectivity index is 1.80. The van der Waals surface area contributed by atoms with Gasteiger partial charge in [-0.2, -0.15) is 5.06 Å². The van der Waals surface area contributed by atoms with Crippen LogP contribution in [0.15, 0.2) is 60.7 Å². The Morgan fingerprint density at radius 2 is 1.65 bits per heavy atom. The fourth-order valence-electron chi connectivity index (χ4n) is 2.65. The van der Waals surface area contributed by atoms with Crippen LogP contribution in [0.1, 0.15) is 23.6 Å². The number of hydroxylamine groups is 2. The van der Waals surface area contributed by atoms with E-state index in [2.05, 4.69) is 75.6 Å². The Labute approximate surface area is 128 Å². The Hall–Kier alpha value is -1.16. The molecule has 1 aliphatic heterocycles. The molecule has 0 unspecified atom stereocenters. The minimum Gasteiger partial charge on any atom is -0.294 e. The van der Waals surface area contributed by atoms with Crippen molar-refractivity contribution in [3.05, 3.63) is 71.8 Å². The number of hydrogen-bond acceptors (Lipinski definition) is 2. The molecule has 2 aromatic carbocycles. The molecule has 0 radical (unpaired) electrons. The number of halogens is 1. The van der Waals surface area contributed by atoms with Gasteiger partial charge in [0.2, 0.25) is 0 Å². The Kier molecular flexibility index (Phi) is 4.51. The van der Waals surface area contributed by atoms with E-state index in [0.717, 1.165) is 18.3 Å². The maximum atomic E-state index is 6.07. The summed E-state index contributed by atoms with van der Waals surface area (Å²) in [5.41, 5.74) is 2.61. The third kappa shape index (κ3) is 3.11. The van der Waals surface area contributed by atoms with Gasteiger partial charge in [-0.3, -0.25) is 4.84 Å². The summed E-state index contributed by atoms with van der Waals surface area (Å²) in [7, 11) is 0. The molecule has 1 aliphatic rings. The van der Waals surface area contributed by atoms with E-state index in [1.165, 1.54) is 11.1 Å². The normalized spacial score (nSPS) is 23.1. The molecule has 0 amide bonds. The molecule has 0 saturated carbocycles. The second-order valence-corrected chi connectivity index (χ2v) is 5.75. The number of rotatable bonds is 4. The van der Waals surface area contributed by atoms with Crippen LogP contribution in [0.4, 0.5) is 0 Å². The van der Waals surface area contributed by atoms with Crippen LogP contribution in [0, 0.1) is 0 Å². The molecule has 0 aromatic heterocycles. The summed E-state index contributed by atoms with van der Waals surface area (Å²) in [6, 6.07) is 21.4. The van der Waals surface area contributed by atoms with Crippen LogP contribution in [0.5, 0.6) is 0 Å². The topological polar surface area (TPSA) is 12.5 Å². The van der Waals surface area contributed by atoms with Crippen molar-refractivity contribution >= 4 is 15.9 Å². The van der Waals surface area contributed by atoms with Gasteiger partial charge in [0.15, 0.2) is 0 Å². The third-order valence-corrected chi connectivity index (χ3v) is 4.38. The van der Waals surface area contributed by atoms with Crippen LogP contribution >= 0.6 is 15.9 Å². The first-order chi connectivity index (χ1) is 9.86. The van der Waals surface area contributed by atoms with Gasteiger partial charge in [-0.1, -0.05) is 76.6 Å². The summed E-state index contributed by atoms with van der Waals surface area (Å²) >= 11 is 3.54. The molecule has 3 rings (SSSR count). The molecule has 1 heterocycles. The van der Waals surface area contributed by atoms with Crippen LogP contribution in [-0.4, -0.2) is 16.5 Å². The second kappa shape index (κ2) is 6.53. The molecule has 2 nitrogen and oxygen atoms in total. The first kappa shape index (κ1) is 13.8. The van der Waals surface area contributed by atoms with Gasteiger partial charge in [0.1, 0.15) is 0 Å². The zero-order valence-electron chi connectivity index (χ0n) is 11.3. The molecule has 1 fully saturated rings. The molecule has 0 bridgehead atoms. The van der Waals surface area contributed by atoms with Gasteiger partial charge in [-0.05, 0) is 17.5 Å². The molecule has 20 heavy (non-hydrogen) atoms. The van der Waals surface area contributed by atoms with Gasteiger partial charge >= 0.3 is 0 Å². The van der Waals surface area contributed by atoms with Crippen molar-refractivity contribution in [2.75, 3.05) is 5.33 Å². The van der Waals surface area contributed by atoms with Gasteiger partial charge in [0.25, 0.3) is 0 Å². The SMILES string of the molecule is BrC[C@@H]1C[C@H](c2ccccc2)N(Cc2ccccc2)O1. The molecule has 1 saturated heterocycles. The summed E-state index contributed by atoms with van der Waals surface area (Å²) < 4.78 is 0. The van der Waals surface area contributed by atoms with Crippen LogP contribution in [0.3, 0.4) is 0 Å². The summed E-state index contributed by atoms with van der Waals surface area (Å²) in [5, 5.41) is 3.00. The van der Waals surface area contributed by atoms with Gasteiger partial charge in [-0.15, -0.1) is 0 Å². The molecular formula is C17H18BrNO. The molecule has 0 spiro atoms. The van der Waals surface area contributed by atoms with Crippen LogP contribution in [0.2, 0.25) is 0 Å². The lowest BCUT2D eigenvalue weighted by molar-refractivity contribution is -0.164. The van der Waals surface area contributed by atoms with E-state index in [-0.39, 0.29) is 6.10 Å². The van der Waals surface area contributed by atoms with Crippen molar-refractivity contribution in [3.63, 3.8) is 0 Å². The van der Waals surface area contributed by atoms with Gasteiger partial charge in [-0.25, -0.2) is 0 Å². The molecule has 2 atom stereocenters. The molecule has 0 N–H and O–H groups in total. The van der Waals surface area contributed by atoms with Crippen molar-refractivity contribution in [2.45, 2.75) is 25.1 Å². The van der Waals surface area contributed by atoms with E-state index < -0.39 is 0 Å². The fraction of sp³-hybridized carbons (Fsp3) is 0.294. The van der Waals surface area contributed by atoms with E-state index in [0.29, 0.717) is 6.04 Å². The van der Waals surface area contributed by atoms with Gasteiger partial charge in [0, 0.05) is 11.9 Å². The van der Waals surface area contributed by atoms with Crippen molar-refractivity contribution in [2.24, 2.45) is 0 Å². The first-order valence-corrected chi connectivity index (χ1v) is 8.07. The van der Waals surface area contributed by atoms with E-state index in [4.69, 9.17) is 4.84 Å². The number of hydrogen-bond donors (Lipinski definition) is 0. The molecular weight excluding hydrogens is 314 g/mol. The lowest BCUT2D eigenvalue weighted by Gasteiger charge is -2.23. The smallest absolute Gasteiger partial charge is 0.0909 e. The summed E-state index contributed by atoms with van der Waals surface area (Å²) in [4.78, 5) is 6.07. The summed E-state index contributed by atoms with van der Waals surface area (Å²) in [6.45, 7) is 0.823. The lowest BCUT2D eigenvalue weighted by atomic mass is 10.0. The minimum absolute atomic E-state index is 0.254. The molecule has 3 heteroatoms. The van der Waals surface area contributed by atoms with Crippen LogP contribution in [-0.2, 0) is 11.4 Å². The Morgan fingerprint density at radius 1 is 1.00 bits per heavy atom. The quantitative estimate of drug-likeness (QED) is 0.773.